The number of para-hydroxylation sites is 1. The van der Waals surface area contributed by atoms with Gasteiger partial charge in [0.05, 0.1) is 11.8 Å². The second-order valence-corrected chi connectivity index (χ2v) is 8.40. The van der Waals surface area contributed by atoms with Crippen molar-refractivity contribution in [3.8, 4) is 5.69 Å². The van der Waals surface area contributed by atoms with Crippen LogP contribution in [0.3, 0.4) is 0 Å². The van der Waals surface area contributed by atoms with Crippen LogP contribution in [0.25, 0.3) is 5.69 Å². The fraction of sp³-hybridized carbons (Fsp3) is 0.348. The first-order valence-corrected chi connectivity index (χ1v) is 11.2. The molecule has 6 heteroatoms. The maximum absolute atomic E-state index is 12.5. The van der Waals surface area contributed by atoms with Gasteiger partial charge in [0.2, 0.25) is 5.91 Å². The van der Waals surface area contributed by atoms with Crippen LogP contribution in [0.5, 0.6) is 0 Å². The third-order valence-electron chi connectivity index (χ3n) is 5.21. The third-order valence-corrected chi connectivity index (χ3v) is 6.14. The minimum absolute atomic E-state index is 0.00217. The Morgan fingerprint density at radius 1 is 1.14 bits per heavy atom. The number of amides is 1. The molecule has 150 valence electrons. The van der Waals surface area contributed by atoms with Gasteiger partial charge >= 0.3 is 0 Å². The highest BCUT2D eigenvalue weighted by molar-refractivity contribution is 7.99. The van der Waals surface area contributed by atoms with E-state index in [1.807, 2.05) is 25.1 Å². The highest BCUT2D eigenvalue weighted by atomic mass is 32.2. The predicted molar refractivity (Wildman–Crippen MR) is 116 cm³/mol. The lowest BCUT2D eigenvalue weighted by Gasteiger charge is -2.15. The normalized spacial score (nSPS) is 14.6. The van der Waals surface area contributed by atoms with Gasteiger partial charge < -0.3 is 5.32 Å². The van der Waals surface area contributed by atoms with E-state index in [4.69, 9.17) is 0 Å². The van der Waals surface area contributed by atoms with Crippen LogP contribution in [0.15, 0.2) is 59.8 Å². The van der Waals surface area contributed by atoms with Crippen LogP contribution in [0.2, 0.25) is 0 Å². The van der Waals surface area contributed by atoms with E-state index >= 15 is 0 Å². The van der Waals surface area contributed by atoms with Crippen LogP contribution in [0, 0.1) is 0 Å². The Kier molecular flexibility index (Phi) is 6.00. The summed E-state index contributed by atoms with van der Waals surface area (Å²) < 4.78 is 2.10. The predicted octanol–water partition coefficient (Wildman–Crippen LogP) is 4.68. The zero-order valence-corrected chi connectivity index (χ0v) is 17.7. The van der Waals surface area contributed by atoms with Crippen molar-refractivity contribution in [2.45, 2.75) is 50.2 Å². The average molecular weight is 407 g/mol. The molecular formula is C23H26N4OS. The average Bonchev–Trinajstić information content (AvgIpc) is 3.52. The van der Waals surface area contributed by atoms with Crippen molar-refractivity contribution < 1.29 is 4.79 Å². The third kappa shape index (κ3) is 4.70. The molecule has 0 bridgehead atoms. The van der Waals surface area contributed by atoms with E-state index in [-0.39, 0.29) is 11.9 Å². The van der Waals surface area contributed by atoms with Gasteiger partial charge in [0.15, 0.2) is 5.16 Å². The molecular weight excluding hydrogens is 380 g/mol. The number of nitrogens with zero attached hydrogens (tertiary/aromatic N) is 3. The van der Waals surface area contributed by atoms with Crippen molar-refractivity contribution in [2.24, 2.45) is 0 Å². The van der Waals surface area contributed by atoms with Crippen LogP contribution in [0.1, 0.15) is 55.6 Å². The fourth-order valence-electron chi connectivity index (χ4n) is 3.34. The van der Waals surface area contributed by atoms with Crippen molar-refractivity contribution in [2.75, 3.05) is 5.75 Å². The first-order chi connectivity index (χ1) is 14.2. The highest BCUT2D eigenvalue weighted by Gasteiger charge is 2.31. The quantitative estimate of drug-likeness (QED) is 0.552. The number of aryl methyl sites for hydroxylation is 1. The first-order valence-electron chi connectivity index (χ1n) is 10.2. The molecule has 1 saturated carbocycles. The molecule has 1 fully saturated rings. The Hall–Kier alpha value is -2.60. The van der Waals surface area contributed by atoms with Crippen LogP contribution < -0.4 is 5.32 Å². The van der Waals surface area contributed by atoms with Gasteiger partial charge in [0.25, 0.3) is 0 Å². The molecule has 5 nitrogen and oxygen atoms in total. The molecule has 4 rings (SSSR count). The van der Waals surface area contributed by atoms with Crippen LogP contribution in [-0.4, -0.2) is 26.4 Å². The number of aromatic nitrogens is 3. The summed E-state index contributed by atoms with van der Waals surface area (Å²) in [4.78, 5) is 12.5. The van der Waals surface area contributed by atoms with Gasteiger partial charge in [-0.1, -0.05) is 61.2 Å². The van der Waals surface area contributed by atoms with E-state index < -0.39 is 0 Å². The molecule has 1 N–H and O–H groups in total. The maximum Gasteiger partial charge on any atom is 0.230 e. The number of hydrogen-bond acceptors (Lipinski definition) is 4. The topological polar surface area (TPSA) is 59.8 Å². The summed E-state index contributed by atoms with van der Waals surface area (Å²) in [5, 5.41) is 12.7. The van der Waals surface area contributed by atoms with Crippen LogP contribution in [-0.2, 0) is 11.2 Å². The monoisotopic (exact) mass is 406 g/mol. The van der Waals surface area contributed by atoms with Crippen molar-refractivity contribution in [1.29, 1.82) is 0 Å². The maximum atomic E-state index is 12.5. The minimum atomic E-state index is -0.0250. The molecule has 1 aromatic heterocycles. The standard InChI is InChI=1S/C23H26N4OS/c1-3-17-9-11-18(12-10-17)16(2)24-21(28)15-29-23-26-25-22(19-13-14-19)27(23)20-7-5-4-6-8-20/h4-12,16,19H,3,13-15H2,1-2H3,(H,24,28). The number of rotatable bonds is 8. The summed E-state index contributed by atoms with van der Waals surface area (Å²) in [7, 11) is 0. The summed E-state index contributed by atoms with van der Waals surface area (Å²) in [5.41, 5.74) is 3.46. The largest absolute Gasteiger partial charge is 0.349 e. The summed E-state index contributed by atoms with van der Waals surface area (Å²) in [6, 6.07) is 18.5. The fourth-order valence-corrected chi connectivity index (χ4v) is 4.11. The Morgan fingerprint density at radius 3 is 2.52 bits per heavy atom. The van der Waals surface area contributed by atoms with Crippen molar-refractivity contribution in [3.63, 3.8) is 0 Å². The van der Waals surface area contributed by atoms with Gasteiger partial charge in [-0.3, -0.25) is 9.36 Å². The SMILES string of the molecule is CCc1ccc(C(C)NC(=O)CSc2nnc(C3CC3)n2-c2ccccc2)cc1. The zero-order valence-electron chi connectivity index (χ0n) is 16.8. The number of benzene rings is 2. The second kappa shape index (κ2) is 8.82. The summed E-state index contributed by atoms with van der Waals surface area (Å²) in [6.07, 6.45) is 3.33. The molecule has 0 spiro atoms. The van der Waals surface area contributed by atoms with Crippen molar-refractivity contribution in [1.82, 2.24) is 20.1 Å². The first kappa shape index (κ1) is 19.7. The molecule has 3 aromatic rings. The zero-order chi connectivity index (χ0) is 20.2. The van der Waals surface area contributed by atoms with E-state index in [1.54, 1.807) is 0 Å². The number of hydrogen-bond donors (Lipinski definition) is 1. The van der Waals surface area contributed by atoms with E-state index in [9.17, 15) is 4.79 Å². The Bertz CT molecular complexity index is 964. The number of carbonyl (C=O) groups excluding carboxylic acids is 1. The molecule has 1 aliphatic rings. The number of nitrogens with one attached hydrogen (secondary N) is 1. The van der Waals surface area contributed by atoms with Crippen molar-refractivity contribution >= 4 is 17.7 Å². The Balaban J connectivity index is 1.41. The molecule has 1 aliphatic carbocycles. The lowest BCUT2D eigenvalue weighted by atomic mass is 10.1. The van der Waals surface area contributed by atoms with Gasteiger partial charge in [-0.25, -0.2) is 0 Å². The molecule has 0 saturated heterocycles. The van der Waals surface area contributed by atoms with E-state index in [1.165, 1.54) is 17.3 Å². The van der Waals surface area contributed by atoms with E-state index in [0.717, 1.165) is 41.5 Å². The van der Waals surface area contributed by atoms with Gasteiger partial charge in [-0.15, -0.1) is 10.2 Å². The highest BCUT2D eigenvalue weighted by Crippen LogP contribution is 2.41. The van der Waals surface area contributed by atoms with E-state index in [0.29, 0.717) is 11.7 Å². The van der Waals surface area contributed by atoms with Gasteiger partial charge in [-0.05, 0) is 49.4 Å². The van der Waals surface area contributed by atoms with Gasteiger partial charge in [-0.2, -0.15) is 0 Å². The molecule has 1 amide bonds. The molecule has 2 aromatic carbocycles. The van der Waals surface area contributed by atoms with Crippen molar-refractivity contribution in [3.05, 3.63) is 71.5 Å². The smallest absolute Gasteiger partial charge is 0.230 e. The number of carbonyl (C=O) groups is 1. The second-order valence-electron chi connectivity index (χ2n) is 7.46. The summed E-state index contributed by atoms with van der Waals surface area (Å²) in [6.45, 7) is 4.15. The molecule has 1 unspecified atom stereocenters. The van der Waals surface area contributed by atoms with Crippen LogP contribution >= 0.6 is 11.8 Å². The Labute approximate surface area is 175 Å². The lowest BCUT2D eigenvalue weighted by Crippen LogP contribution is -2.28. The van der Waals surface area contributed by atoms with Gasteiger partial charge in [0, 0.05) is 11.6 Å². The number of thioether (sulfide) groups is 1. The molecule has 0 radical (unpaired) electrons. The molecule has 0 aliphatic heterocycles. The summed E-state index contributed by atoms with van der Waals surface area (Å²) in [5.74, 6) is 1.80. The molecule has 1 atom stereocenters. The van der Waals surface area contributed by atoms with E-state index in [2.05, 4.69) is 63.4 Å². The van der Waals surface area contributed by atoms with Gasteiger partial charge in [0.1, 0.15) is 5.82 Å². The Morgan fingerprint density at radius 2 is 1.86 bits per heavy atom. The summed E-state index contributed by atoms with van der Waals surface area (Å²) >= 11 is 1.44. The lowest BCUT2D eigenvalue weighted by molar-refractivity contribution is -0.119. The minimum Gasteiger partial charge on any atom is -0.349 e. The van der Waals surface area contributed by atoms with Crippen LogP contribution in [0.4, 0.5) is 0 Å². The molecule has 1 heterocycles. The molecule has 29 heavy (non-hydrogen) atoms.